The summed E-state index contributed by atoms with van der Waals surface area (Å²) in [6.45, 7) is 7.17. The first-order chi connectivity index (χ1) is 13.1. The number of likely N-dealkylation sites (N-methyl/N-ethyl adjacent to an activating group) is 1. The number of carbonyl (C=O) groups is 1. The topological polar surface area (TPSA) is 87.0 Å². The van der Waals surface area contributed by atoms with Crippen molar-refractivity contribution >= 4 is 11.8 Å². The molecular formula is C20H28N4O4. The van der Waals surface area contributed by atoms with Crippen LogP contribution in [0.3, 0.4) is 0 Å². The summed E-state index contributed by atoms with van der Waals surface area (Å²) < 4.78 is 6.92. The van der Waals surface area contributed by atoms with Gasteiger partial charge in [0.1, 0.15) is 11.4 Å². The second kappa shape index (κ2) is 7.71. The van der Waals surface area contributed by atoms with Crippen LogP contribution < -0.4 is 10.9 Å². The Morgan fingerprint density at radius 1 is 1.39 bits per heavy atom. The van der Waals surface area contributed by atoms with Crippen molar-refractivity contribution in [2.24, 2.45) is 0 Å². The molecule has 0 aromatic carbocycles. The number of hydrogen-bond donors (Lipinski definition) is 2. The molecule has 3 heterocycles. The fourth-order valence-corrected chi connectivity index (χ4v) is 3.34. The highest BCUT2D eigenvalue weighted by molar-refractivity contribution is 5.68. The molecule has 0 spiro atoms. The van der Waals surface area contributed by atoms with Gasteiger partial charge in [-0.15, -0.1) is 0 Å². The van der Waals surface area contributed by atoms with Gasteiger partial charge in [0.25, 0.3) is 5.56 Å². The molecule has 1 aromatic heterocycles. The molecule has 152 valence electrons. The maximum atomic E-state index is 12.3. The van der Waals surface area contributed by atoms with E-state index >= 15 is 0 Å². The van der Waals surface area contributed by atoms with Gasteiger partial charge in [-0.3, -0.25) is 14.3 Å². The molecule has 2 aliphatic heterocycles. The van der Waals surface area contributed by atoms with Gasteiger partial charge in [-0.2, -0.15) is 0 Å². The van der Waals surface area contributed by atoms with Crippen molar-refractivity contribution < 1.29 is 14.6 Å². The number of aromatic hydroxyl groups is 1. The van der Waals surface area contributed by atoms with Gasteiger partial charge in [-0.05, 0) is 45.4 Å². The number of rotatable bonds is 3. The summed E-state index contributed by atoms with van der Waals surface area (Å²) in [5.41, 5.74) is -0.107. The predicted octanol–water partition coefficient (Wildman–Crippen LogP) is 1.78. The molecule has 0 bridgehead atoms. The maximum absolute atomic E-state index is 12.3. The first-order valence-corrected chi connectivity index (χ1v) is 9.40. The van der Waals surface area contributed by atoms with Gasteiger partial charge in [-0.25, -0.2) is 4.79 Å². The second-order valence-corrected chi connectivity index (χ2v) is 8.16. The molecule has 1 aromatic rings. The zero-order valence-electron chi connectivity index (χ0n) is 16.8. The summed E-state index contributed by atoms with van der Waals surface area (Å²) >= 11 is 0. The highest BCUT2D eigenvalue weighted by Gasteiger charge is 2.33. The third-order valence-corrected chi connectivity index (χ3v) is 4.85. The van der Waals surface area contributed by atoms with E-state index in [0.717, 1.165) is 19.5 Å². The number of amides is 1. The highest BCUT2D eigenvalue weighted by Crippen LogP contribution is 2.21. The lowest BCUT2D eigenvalue weighted by Gasteiger charge is -2.31. The SMILES string of the molecule is CN(C(=O)OC(C)(C)C)[C@H]1CCN(C2C=CC(n3ccc(O)cc3=O)=CN2)C1. The molecule has 0 radical (unpaired) electrons. The fourth-order valence-electron chi connectivity index (χ4n) is 3.34. The largest absolute Gasteiger partial charge is 0.508 e. The Morgan fingerprint density at radius 2 is 2.14 bits per heavy atom. The molecule has 1 unspecified atom stereocenters. The summed E-state index contributed by atoms with van der Waals surface area (Å²) in [6, 6.07) is 2.74. The Morgan fingerprint density at radius 3 is 2.75 bits per heavy atom. The quantitative estimate of drug-likeness (QED) is 0.821. The summed E-state index contributed by atoms with van der Waals surface area (Å²) in [6.07, 6.45) is 7.75. The van der Waals surface area contributed by atoms with Crippen LogP contribution in [0.2, 0.25) is 0 Å². The van der Waals surface area contributed by atoms with Gasteiger partial charge in [-0.1, -0.05) is 0 Å². The third-order valence-electron chi connectivity index (χ3n) is 4.85. The zero-order chi connectivity index (χ0) is 20.5. The molecule has 0 aliphatic carbocycles. The van der Waals surface area contributed by atoms with E-state index in [1.54, 1.807) is 18.1 Å². The molecule has 2 atom stereocenters. The van der Waals surface area contributed by atoms with Crippen LogP contribution in [0, 0.1) is 0 Å². The molecule has 1 saturated heterocycles. The molecule has 3 rings (SSSR count). The molecule has 1 amide bonds. The molecule has 28 heavy (non-hydrogen) atoms. The standard InChI is InChI=1S/C20H28N4O4/c1-20(2,3)28-19(27)22(4)15-7-9-23(13-15)17-6-5-14(12-21-17)24-10-8-16(25)11-18(24)26/h5-6,8,10-12,15,17,21,25H,7,9,13H2,1-4H3/t15-,17?/m0/s1. The number of likely N-dealkylation sites (tertiary alicyclic amines) is 1. The van der Waals surface area contributed by atoms with Gasteiger partial charge in [0.05, 0.1) is 11.9 Å². The van der Waals surface area contributed by atoms with Crippen LogP contribution in [-0.2, 0) is 4.74 Å². The number of carbonyl (C=O) groups excluding carboxylic acids is 1. The van der Waals surface area contributed by atoms with E-state index in [-0.39, 0.29) is 29.6 Å². The van der Waals surface area contributed by atoms with E-state index in [4.69, 9.17) is 4.74 Å². The minimum atomic E-state index is -0.509. The van der Waals surface area contributed by atoms with Crippen LogP contribution in [0.4, 0.5) is 4.79 Å². The molecule has 1 fully saturated rings. The number of dihydropyridines is 1. The summed E-state index contributed by atoms with van der Waals surface area (Å²) in [5.74, 6) is -0.0512. The molecular weight excluding hydrogens is 360 g/mol. The monoisotopic (exact) mass is 388 g/mol. The molecule has 8 heteroatoms. The normalized spacial score (nSPS) is 22.5. The molecule has 2 aliphatic rings. The average molecular weight is 388 g/mol. The van der Waals surface area contributed by atoms with Gasteiger partial charge < -0.3 is 20.1 Å². The van der Waals surface area contributed by atoms with Gasteiger partial charge in [0.15, 0.2) is 0 Å². The summed E-state index contributed by atoms with van der Waals surface area (Å²) in [7, 11) is 1.78. The second-order valence-electron chi connectivity index (χ2n) is 8.16. The van der Waals surface area contributed by atoms with Crippen molar-refractivity contribution in [3.05, 3.63) is 47.0 Å². The number of ether oxygens (including phenoxy) is 1. The Balaban J connectivity index is 1.59. The molecule has 2 N–H and O–H groups in total. The third kappa shape index (κ3) is 4.56. The highest BCUT2D eigenvalue weighted by atomic mass is 16.6. The first-order valence-electron chi connectivity index (χ1n) is 9.40. The Kier molecular flexibility index (Phi) is 5.51. The fraction of sp³-hybridized carbons (Fsp3) is 0.500. The van der Waals surface area contributed by atoms with E-state index in [1.807, 2.05) is 32.9 Å². The Labute approximate surface area is 164 Å². The first kappa shape index (κ1) is 20.0. The van der Waals surface area contributed by atoms with Crippen LogP contribution in [0.5, 0.6) is 5.75 Å². The van der Waals surface area contributed by atoms with Crippen molar-refractivity contribution in [2.75, 3.05) is 20.1 Å². The maximum Gasteiger partial charge on any atom is 0.410 e. The number of nitrogens with one attached hydrogen (secondary N) is 1. The number of nitrogens with zero attached hydrogens (tertiary/aromatic N) is 3. The zero-order valence-corrected chi connectivity index (χ0v) is 16.8. The van der Waals surface area contributed by atoms with Crippen molar-refractivity contribution in [3.63, 3.8) is 0 Å². The lowest BCUT2D eigenvalue weighted by Crippen LogP contribution is -2.46. The Hall–Kier alpha value is -2.74. The minimum absolute atomic E-state index is 0.00592. The summed E-state index contributed by atoms with van der Waals surface area (Å²) in [4.78, 5) is 28.2. The van der Waals surface area contributed by atoms with E-state index in [9.17, 15) is 14.7 Å². The summed E-state index contributed by atoms with van der Waals surface area (Å²) in [5, 5.41) is 12.7. The van der Waals surface area contributed by atoms with E-state index in [0.29, 0.717) is 5.70 Å². The van der Waals surface area contributed by atoms with Crippen molar-refractivity contribution in [3.8, 4) is 5.75 Å². The van der Waals surface area contributed by atoms with Crippen molar-refractivity contribution in [1.82, 2.24) is 19.7 Å². The van der Waals surface area contributed by atoms with Gasteiger partial charge in [0.2, 0.25) is 0 Å². The van der Waals surface area contributed by atoms with E-state index in [1.165, 1.54) is 22.9 Å². The van der Waals surface area contributed by atoms with Gasteiger partial charge in [0, 0.05) is 44.6 Å². The number of aromatic nitrogens is 1. The minimum Gasteiger partial charge on any atom is -0.508 e. The van der Waals surface area contributed by atoms with Crippen LogP contribution in [0.15, 0.2) is 41.5 Å². The van der Waals surface area contributed by atoms with Gasteiger partial charge >= 0.3 is 6.09 Å². The van der Waals surface area contributed by atoms with Crippen LogP contribution in [-0.4, -0.2) is 63.5 Å². The predicted molar refractivity (Wildman–Crippen MR) is 107 cm³/mol. The lowest BCUT2D eigenvalue weighted by molar-refractivity contribution is 0.0226. The Bertz CT molecular complexity index is 852. The lowest BCUT2D eigenvalue weighted by atomic mass is 10.2. The van der Waals surface area contributed by atoms with Crippen LogP contribution in [0.1, 0.15) is 27.2 Å². The number of allylic oxidation sites excluding steroid dienone is 2. The number of pyridine rings is 1. The molecule has 0 saturated carbocycles. The van der Waals surface area contributed by atoms with Crippen LogP contribution in [0.25, 0.3) is 5.70 Å². The average Bonchev–Trinajstić information content (AvgIpc) is 3.10. The van der Waals surface area contributed by atoms with E-state index in [2.05, 4.69) is 10.2 Å². The van der Waals surface area contributed by atoms with Crippen molar-refractivity contribution in [1.29, 1.82) is 0 Å². The van der Waals surface area contributed by atoms with Crippen molar-refractivity contribution in [2.45, 2.75) is 45.0 Å². The smallest absolute Gasteiger partial charge is 0.410 e. The van der Waals surface area contributed by atoms with Crippen LogP contribution >= 0.6 is 0 Å². The van der Waals surface area contributed by atoms with E-state index < -0.39 is 5.60 Å². The molecule has 8 nitrogen and oxygen atoms in total. The number of hydrogen-bond acceptors (Lipinski definition) is 6.